The molecule has 0 bridgehead atoms. The van der Waals surface area contributed by atoms with Crippen molar-refractivity contribution in [1.82, 2.24) is 14.7 Å². The van der Waals surface area contributed by atoms with Crippen LogP contribution in [-0.4, -0.2) is 45.4 Å². The molecule has 7 heteroatoms. The highest BCUT2D eigenvalue weighted by molar-refractivity contribution is 5.92. The third-order valence-corrected chi connectivity index (χ3v) is 3.22. The molecule has 112 valence electrons. The number of aromatic nitrogens is 2. The summed E-state index contributed by atoms with van der Waals surface area (Å²) in [6, 6.07) is 4.46. The number of para-hydroxylation sites is 1. The fraction of sp³-hybridized carbons (Fsp3) is 0.286. The fourth-order valence-corrected chi connectivity index (χ4v) is 1.77. The van der Waals surface area contributed by atoms with E-state index in [0.29, 0.717) is 0 Å². The summed E-state index contributed by atoms with van der Waals surface area (Å²) in [4.78, 5) is 13.4. The second-order valence-electron chi connectivity index (χ2n) is 4.66. The summed E-state index contributed by atoms with van der Waals surface area (Å²) in [7, 11) is 1.52. The summed E-state index contributed by atoms with van der Waals surface area (Å²) in [6.07, 6.45) is 1.31. The molecular formula is C14H15F2N3O2. The monoisotopic (exact) mass is 295 g/mol. The Morgan fingerprint density at radius 2 is 2.00 bits per heavy atom. The number of halogens is 2. The van der Waals surface area contributed by atoms with E-state index in [0.717, 1.165) is 16.8 Å². The Morgan fingerprint density at radius 1 is 1.38 bits per heavy atom. The first-order chi connectivity index (χ1) is 9.95. The van der Waals surface area contributed by atoms with Crippen LogP contribution in [-0.2, 0) is 0 Å². The van der Waals surface area contributed by atoms with Crippen molar-refractivity contribution < 1.29 is 18.7 Å². The molecule has 1 aromatic heterocycles. The topological polar surface area (TPSA) is 58.4 Å². The van der Waals surface area contributed by atoms with Crippen molar-refractivity contribution in [3.05, 3.63) is 47.8 Å². The number of rotatable bonds is 4. The minimum Gasteiger partial charge on any atom is -0.394 e. The molecule has 2 aromatic rings. The van der Waals surface area contributed by atoms with E-state index in [1.54, 1.807) is 6.92 Å². The SMILES string of the molecule is CC(CO)N(C)C(=O)c1ccn(-c2c(F)cccc2F)n1. The van der Waals surface area contributed by atoms with Crippen molar-refractivity contribution in [3.63, 3.8) is 0 Å². The van der Waals surface area contributed by atoms with E-state index in [-0.39, 0.29) is 24.0 Å². The second-order valence-corrected chi connectivity index (χ2v) is 4.66. The number of carbonyl (C=O) groups excluding carboxylic acids is 1. The van der Waals surface area contributed by atoms with Gasteiger partial charge in [0.2, 0.25) is 0 Å². The van der Waals surface area contributed by atoms with E-state index in [9.17, 15) is 13.6 Å². The molecule has 21 heavy (non-hydrogen) atoms. The number of benzene rings is 1. The van der Waals surface area contributed by atoms with E-state index < -0.39 is 17.5 Å². The molecule has 1 unspecified atom stereocenters. The van der Waals surface area contributed by atoms with Gasteiger partial charge < -0.3 is 10.0 Å². The molecule has 1 atom stereocenters. The summed E-state index contributed by atoms with van der Waals surface area (Å²) in [6.45, 7) is 1.48. The largest absolute Gasteiger partial charge is 0.394 e. The van der Waals surface area contributed by atoms with Crippen LogP contribution in [0.2, 0.25) is 0 Å². The average Bonchev–Trinajstić information content (AvgIpc) is 2.94. The lowest BCUT2D eigenvalue weighted by Gasteiger charge is -2.21. The quantitative estimate of drug-likeness (QED) is 0.932. The lowest BCUT2D eigenvalue weighted by molar-refractivity contribution is 0.0676. The number of likely N-dealkylation sites (N-methyl/N-ethyl adjacent to an activating group) is 1. The molecule has 0 aliphatic heterocycles. The molecule has 5 nitrogen and oxygen atoms in total. The minimum atomic E-state index is -0.769. The van der Waals surface area contributed by atoms with Crippen LogP contribution in [0, 0.1) is 11.6 Å². The number of aliphatic hydroxyl groups excluding tert-OH is 1. The Labute approximate surface area is 120 Å². The highest BCUT2D eigenvalue weighted by atomic mass is 19.1. The van der Waals surface area contributed by atoms with Gasteiger partial charge in [-0.2, -0.15) is 5.10 Å². The lowest BCUT2D eigenvalue weighted by atomic mass is 10.3. The van der Waals surface area contributed by atoms with Gasteiger partial charge in [0.25, 0.3) is 5.91 Å². The number of nitrogens with zero attached hydrogens (tertiary/aromatic N) is 3. The molecular weight excluding hydrogens is 280 g/mol. The zero-order chi connectivity index (χ0) is 15.6. The molecule has 0 aliphatic carbocycles. The maximum absolute atomic E-state index is 13.7. The molecule has 0 aliphatic rings. The first-order valence-electron chi connectivity index (χ1n) is 6.33. The van der Waals surface area contributed by atoms with Crippen molar-refractivity contribution in [1.29, 1.82) is 0 Å². The van der Waals surface area contributed by atoms with Crippen LogP contribution in [0.5, 0.6) is 0 Å². The predicted molar refractivity (Wildman–Crippen MR) is 72.1 cm³/mol. The van der Waals surface area contributed by atoms with Crippen molar-refractivity contribution in [2.45, 2.75) is 13.0 Å². The zero-order valence-corrected chi connectivity index (χ0v) is 11.6. The third kappa shape index (κ3) is 2.92. The molecule has 2 rings (SSSR count). The molecule has 0 saturated heterocycles. The third-order valence-electron chi connectivity index (χ3n) is 3.22. The smallest absolute Gasteiger partial charge is 0.274 e. The van der Waals surface area contributed by atoms with Gasteiger partial charge in [-0.25, -0.2) is 13.5 Å². The first-order valence-corrected chi connectivity index (χ1v) is 6.33. The molecule has 1 N–H and O–H groups in total. The second kappa shape index (κ2) is 6.01. The predicted octanol–water partition coefficient (Wildman–Crippen LogP) is 1.60. The number of aliphatic hydroxyl groups is 1. The van der Waals surface area contributed by atoms with Crippen molar-refractivity contribution in [3.8, 4) is 5.69 Å². The molecule has 1 heterocycles. The highest BCUT2D eigenvalue weighted by Crippen LogP contribution is 2.17. The normalized spacial score (nSPS) is 12.2. The van der Waals surface area contributed by atoms with Crippen molar-refractivity contribution in [2.75, 3.05) is 13.7 Å². The van der Waals surface area contributed by atoms with E-state index in [4.69, 9.17) is 5.11 Å². The zero-order valence-electron chi connectivity index (χ0n) is 11.6. The average molecular weight is 295 g/mol. The summed E-state index contributed by atoms with van der Waals surface area (Å²) in [5.41, 5.74) is -0.296. The van der Waals surface area contributed by atoms with Crippen LogP contribution in [0.1, 0.15) is 17.4 Å². The first kappa shape index (κ1) is 15.1. The summed E-state index contributed by atoms with van der Waals surface area (Å²) in [5, 5.41) is 12.9. The Kier molecular flexibility index (Phi) is 4.32. The Balaban J connectivity index is 2.32. The van der Waals surface area contributed by atoms with Gasteiger partial charge in [0.05, 0.1) is 12.6 Å². The van der Waals surface area contributed by atoms with Crippen LogP contribution >= 0.6 is 0 Å². The van der Waals surface area contributed by atoms with Gasteiger partial charge in [-0.3, -0.25) is 4.79 Å². The summed E-state index contributed by atoms with van der Waals surface area (Å²) >= 11 is 0. The van der Waals surface area contributed by atoms with Gasteiger partial charge in [-0.1, -0.05) is 6.07 Å². The lowest BCUT2D eigenvalue weighted by Crippen LogP contribution is -2.37. The maximum Gasteiger partial charge on any atom is 0.274 e. The molecule has 1 amide bonds. The molecule has 0 fully saturated rings. The summed E-state index contributed by atoms with van der Waals surface area (Å²) in [5.74, 6) is -1.98. The number of carbonyl (C=O) groups is 1. The number of amides is 1. The van der Waals surface area contributed by atoms with Gasteiger partial charge in [0.15, 0.2) is 17.3 Å². The standard InChI is InChI=1S/C14H15F2N3O2/c1-9(8-20)18(2)14(21)12-6-7-19(17-12)13-10(15)4-3-5-11(13)16/h3-7,9,20H,8H2,1-2H3. The Morgan fingerprint density at radius 3 is 2.57 bits per heavy atom. The van der Waals surface area contributed by atoms with Crippen LogP contribution in [0.4, 0.5) is 8.78 Å². The van der Waals surface area contributed by atoms with Crippen LogP contribution in [0.25, 0.3) is 5.69 Å². The van der Waals surface area contributed by atoms with E-state index >= 15 is 0 Å². The molecule has 0 saturated carbocycles. The van der Waals surface area contributed by atoms with Gasteiger partial charge >= 0.3 is 0 Å². The molecule has 1 aromatic carbocycles. The van der Waals surface area contributed by atoms with Crippen LogP contribution in [0.3, 0.4) is 0 Å². The summed E-state index contributed by atoms with van der Waals surface area (Å²) < 4.78 is 28.3. The van der Waals surface area contributed by atoms with Gasteiger partial charge in [0, 0.05) is 13.2 Å². The minimum absolute atomic E-state index is 0.0421. The van der Waals surface area contributed by atoms with Crippen LogP contribution < -0.4 is 0 Å². The Hall–Kier alpha value is -2.28. The Bertz CT molecular complexity index is 637. The highest BCUT2D eigenvalue weighted by Gasteiger charge is 2.20. The number of hydrogen-bond donors (Lipinski definition) is 1. The van der Waals surface area contributed by atoms with E-state index in [1.165, 1.54) is 30.3 Å². The maximum atomic E-state index is 13.7. The van der Waals surface area contributed by atoms with Crippen molar-refractivity contribution >= 4 is 5.91 Å². The van der Waals surface area contributed by atoms with E-state index in [2.05, 4.69) is 5.10 Å². The molecule has 0 spiro atoms. The van der Waals surface area contributed by atoms with Crippen LogP contribution in [0.15, 0.2) is 30.5 Å². The number of hydrogen-bond acceptors (Lipinski definition) is 3. The molecule has 0 radical (unpaired) electrons. The van der Waals surface area contributed by atoms with E-state index in [1.807, 2.05) is 0 Å². The van der Waals surface area contributed by atoms with Crippen molar-refractivity contribution in [2.24, 2.45) is 0 Å². The fourth-order valence-electron chi connectivity index (χ4n) is 1.77. The van der Waals surface area contributed by atoms with Gasteiger partial charge in [0.1, 0.15) is 5.69 Å². The van der Waals surface area contributed by atoms with Gasteiger partial charge in [-0.15, -0.1) is 0 Å². The van der Waals surface area contributed by atoms with Gasteiger partial charge in [-0.05, 0) is 25.1 Å².